The molecule has 1 amide bonds. The summed E-state index contributed by atoms with van der Waals surface area (Å²) in [7, 11) is 0. The number of hydrogen-bond acceptors (Lipinski definition) is 3. The van der Waals surface area contributed by atoms with E-state index in [4.69, 9.17) is 0 Å². The quantitative estimate of drug-likeness (QED) is 0.742. The van der Waals surface area contributed by atoms with Gasteiger partial charge >= 0.3 is 0 Å². The molecule has 5 heteroatoms. The number of aliphatic hydroxyl groups is 1. The van der Waals surface area contributed by atoms with Crippen molar-refractivity contribution in [2.24, 2.45) is 17.8 Å². The van der Waals surface area contributed by atoms with E-state index in [9.17, 15) is 14.3 Å². The third-order valence-electron chi connectivity index (χ3n) is 7.36. The summed E-state index contributed by atoms with van der Waals surface area (Å²) in [5.41, 5.74) is 0.967. The lowest BCUT2D eigenvalue weighted by Gasteiger charge is -2.60. The molecule has 4 bridgehead atoms. The lowest BCUT2D eigenvalue weighted by Crippen LogP contribution is -2.62. The lowest BCUT2D eigenvalue weighted by atomic mass is 9.52. The summed E-state index contributed by atoms with van der Waals surface area (Å²) in [6.45, 7) is 4.27. The summed E-state index contributed by atoms with van der Waals surface area (Å²) in [6, 6.07) is 6.59. The fourth-order valence-electron chi connectivity index (χ4n) is 6.46. The molecule has 0 aromatic heterocycles. The van der Waals surface area contributed by atoms with Crippen LogP contribution in [0.2, 0.25) is 0 Å². The Kier molecular flexibility index (Phi) is 5.75. The second kappa shape index (κ2) is 8.11. The van der Waals surface area contributed by atoms with Crippen LogP contribution in [0.5, 0.6) is 0 Å². The normalized spacial score (nSPS) is 30.8. The van der Waals surface area contributed by atoms with Crippen molar-refractivity contribution >= 4 is 5.91 Å². The summed E-state index contributed by atoms with van der Waals surface area (Å²) < 4.78 is 13.4. The van der Waals surface area contributed by atoms with Crippen molar-refractivity contribution < 1.29 is 14.3 Å². The number of aliphatic hydroxyl groups excluding tert-OH is 1. The first kappa shape index (κ1) is 19.8. The predicted octanol–water partition coefficient (Wildman–Crippen LogP) is 3.44. The van der Waals surface area contributed by atoms with Crippen LogP contribution in [0.15, 0.2) is 24.3 Å². The zero-order chi connectivity index (χ0) is 19.7. The van der Waals surface area contributed by atoms with Gasteiger partial charge in [-0.3, -0.25) is 9.69 Å². The molecular weight excluding hydrogens is 355 g/mol. The zero-order valence-electron chi connectivity index (χ0n) is 16.9. The largest absolute Gasteiger partial charge is 0.395 e. The number of amides is 1. The number of benzene rings is 1. The van der Waals surface area contributed by atoms with Gasteiger partial charge in [-0.1, -0.05) is 19.1 Å². The summed E-state index contributed by atoms with van der Waals surface area (Å²) in [5, 5.41) is 9.31. The molecule has 28 heavy (non-hydrogen) atoms. The third-order valence-corrected chi connectivity index (χ3v) is 7.36. The maximum Gasteiger partial charge on any atom is 0.237 e. The van der Waals surface area contributed by atoms with Crippen molar-refractivity contribution in [3.8, 4) is 0 Å². The van der Waals surface area contributed by atoms with Crippen LogP contribution in [0.3, 0.4) is 0 Å². The lowest BCUT2D eigenvalue weighted by molar-refractivity contribution is -0.153. The number of carbonyl (C=O) groups is 1. The summed E-state index contributed by atoms with van der Waals surface area (Å²) in [4.78, 5) is 17.7. The minimum Gasteiger partial charge on any atom is -0.395 e. The molecule has 4 aliphatic rings. The molecule has 0 aliphatic heterocycles. The molecule has 4 aliphatic carbocycles. The monoisotopic (exact) mass is 388 g/mol. The molecule has 5 rings (SSSR count). The summed E-state index contributed by atoms with van der Waals surface area (Å²) >= 11 is 0. The Morgan fingerprint density at radius 2 is 1.68 bits per heavy atom. The topological polar surface area (TPSA) is 43.8 Å². The van der Waals surface area contributed by atoms with Gasteiger partial charge in [-0.25, -0.2) is 4.39 Å². The molecule has 1 aromatic rings. The minimum atomic E-state index is -0.239. The molecule has 4 fully saturated rings. The molecular formula is C23H33FN2O2. The third kappa shape index (κ3) is 3.97. The number of halogens is 1. The smallest absolute Gasteiger partial charge is 0.237 e. The maximum atomic E-state index is 13.5. The minimum absolute atomic E-state index is 0.0289. The molecule has 0 radical (unpaired) electrons. The van der Waals surface area contributed by atoms with E-state index < -0.39 is 0 Å². The second-order valence-corrected chi connectivity index (χ2v) is 9.34. The van der Waals surface area contributed by atoms with Crippen LogP contribution in [0.4, 0.5) is 4.39 Å². The average Bonchev–Trinajstić information content (AvgIpc) is 2.65. The van der Waals surface area contributed by atoms with E-state index in [-0.39, 0.29) is 23.9 Å². The fourth-order valence-corrected chi connectivity index (χ4v) is 6.46. The first-order valence-electron chi connectivity index (χ1n) is 10.9. The Balaban J connectivity index is 1.59. The van der Waals surface area contributed by atoms with Crippen LogP contribution in [0.1, 0.15) is 51.0 Å². The van der Waals surface area contributed by atoms with Crippen LogP contribution in [-0.4, -0.2) is 52.6 Å². The van der Waals surface area contributed by atoms with Crippen molar-refractivity contribution in [2.45, 2.75) is 57.5 Å². The maximum absolute atomic E-state index is 13.5. The van der Waals surface area contributed by atoms with Crippen molar-refractivity contribution in [1.29, 1.82) is 0 Å². The zero-order valence-corrected chi connectivity index (χ0v) is 16.9. The summed E-state index contributed by atoms with van der Waals surface area (Å²) in [5.74, 6) is 2.19. The van der Waals surface area contributed by atoms with Crippen LogP contribution in [0, 0.1) is 23.6 Å². The molecule has 4 nitrogen and oxygen atoms in total. The molecule has 154 valence electrons. The highest BCUT2D eigenvalue weighted by Gasteiger charge is 2.54. The predicted molar refractivity (Wildman–Crippen MR) is 107 cm³/mol. The van der Waals surface area contributed by atoms with Gasteiger partial charge in [0.1, 0.15) is 5.82 Å². The van der Waals surface area contributed by atoms with Gasteiger partial charge in [-0.05, 0) is 80.5 Å². The highest BCUT2D eigenvalue weighted by Crippen LogP contribution is 2.58. The number of rotatable bonds is 8. The average molecular weight is 389 g/mol. The molecule has 0 spiro atoms. The number of nitrogens with zero attached hydrogens (tertiary/aromatic N) is 2. The van der Waals surface area contributed by atoms with Crippen LogP contribution < -0.4 is 0 Å². The molecule has 0 saturated heterocycles. The van der Waals surface area contributed by atoms with Crippen molar-refractivity contribution in [3.05, 3.63) is 35.6 Å². The SMILES string of the molecule is CCN(CCO)CC(=O)N(Cc1ccc(F)cc1)C12CC3CC(CC(C3)C1)C2. The first-order chi connectivity index (χ1) is 13.5. The van der Waals surface area contributed by atoms with E-state index in [1.54, 1.807) is 12.1 Å². The van der Waals surface area contributed by atoms with Gasteiger partial charge in [0.25, 0.3) is 0 Å². The number of likely N-dealkylation sites (N-methyl/N-ethyl adjacent to an activating group) is 1. The van der Waals surface area contributed by atoms with Crippen LogP contribution >= 0.6 is 0 Å². The summed E-state index contributed by atoms with van der Waals surface area (Å²) in [6.07, 6.45) is 7.38. The van der Waals surface area contributed by atoms with E-state index in [0.717, 1.165) is 49.1 Å². The Morgan fingerprint density at radius 3 is 2.18 bits per heavy atom. The second-order valence-electron chi connectivity index (χ2n) is 9.34. The number of hydrogen-bond donors (Lipinski definition) is 1. The fraction of sp³-hybridized carbons (Fsp3) is 0.696. The van der Waals surface area contributed by atoms with Gasteiger partial charge in [-0.15, -0.1) is 0 Å². The standard InChI is InChI=1S/C23H33FN2O2/c1-2-25(7-8-27)16-22(28)26(15-17-3-5-21(24)6-4-17)23-12-18-9-19(13-23)11-20(10-18)14-23/h3-6,18-20,27H,2,7-16H2,1H3. The van der Waals surface area contributed by atoms with E-state index in [0.29, 0.717) is 19.6 Å². The highest BCUT2D eigenvalue weighted by molar-refractivity contribution is 5.79. The first-order valence-corrected chi connectivity index (χ1v) is 10.9. The van der Waals surface area contributed by atoms with Gasteiger partial charge in [-0.2, -0.15) is 0 Å². The van der Waals surface area contributed by atoms with Gasteiger partial charge in [0, 0.05) is 18.6 Å². The Morgan fingerprint density at radius 1 is 1.11 bits per heavy atom. The van der Waals surface area contributed by atoms with Crippen LogP contribution in [-0.2, 0) is 11.3 Å². The van der Waals surface area contributed by atoms with Crippen molar-refractivity contribution in [1.82, 2.24) is 9.80 Å². The molecule has 1 aromatic carbocycles. The van der Waals surface area contributed by atoms with Gasteiger partial charge in [0.15, 0.2) is 0 Å². The molecule has 0 atom stereocenters. The Hall–Kier alpha value is -1.46. The van der Waals surface area contributed by atoms with Gasteiger partial charge in [0.05, 0.1) is 13.2 Å². The molecule has 0 heterocycles. The molecule has 4 saturated carbocycles. The van der Waals surface area contributed by atoms with Crippen molar-refractivity contribution in [2.75, 3.05) is 26.2 Å². The van der Waals surface area contributed by atoms with Gasteiger partial charge < -0.3 is 10.0 Å². The van der Waals surface area contributed by atoms with E-state index in [1.807, 2.05) is 11.8 Å². The van der Waals surface area contributed by atoms with Gasteiger partial charge in [0.2, 0.25) is 5.91 Å². The Labute approximate surface area is 167 Å². The number of carbonyl (C=O) groups excluding carboxylic acids is 1. The van der Waals surface area contributed by atoms with E-state index in [2.05, 4.69) is 4.90 Å². The van der Waals surface area contributed by atoms with Crippen molar-refractivity contribution in [3.63, 3.8) is 0 Å². The molecule has 1 N–H and O–H groups in total. The molecule has 0 unspecified atom stereocenters. The highest BCUT2D eigenvalue weighted by atomic mass is 19.1. The van der Waals surface area contributed by atoms with Crippen LogP contribution in [0.25, 0.3) is 0 Å². The Bertz CT molecular complexity index is 655. The van der Waals surface area contributed by atoms with E-state index >= 15 is 0 Å². The van der Waals surface area contributed by atoms with E-state index in [1.165, 1.54) is 31.4 Å².